The minimum absolute atomic E-state index is 0.0380. The zero-order valence-corrected chi connectivity index (χ0v) is 18.9. The highest BCUT2D eigenvalue weighted by Gasteiger charge is 2.34. The molecule has 5 nitrogen and oxygen atoms in total. The Morgan fingerprint density at radius 2 is 1.86 bits per heavy atom. The van der Waals surface area contributed by atoms with E-state index in [4.69, 9.17) is 0 Å². The lowest BCUT2D eigenvalue weighted by atomic mass is 9.99. The first kappa shape index (κ1) is 22.0. The predicted octanol–water partition coefficient (Wildman–Crippen LogP) is 3.74. The third-order valence-electron chi connectivity index (χ3n) is 5.54. The molecule has 158 valence electrons. The van der Waals surface area contributed by atoms with Crippen LogP contribution in [-0.2, 0) is 21.2 Å². The third-order valence-corrected chi connectivity index (χ3v) is 8.15. The van der Waals surface area contributed by atoms with Gasteiger partial charge in [0.05, 0.1) is 24.6 Å². The molecule has 2 heterocycles. The molecule has 1 aliphatic heterocycles. The van der Waals surface area contributed by atoms with Gasteiger partial charge in [-0.05, 0) is 41.8 Å². The van der Waals surface area contributed by atoms with Gasteiger partial charge in [-0.3, -0.25) is 4.79 Å². The van der Waals surface area contributed by atoms with Gasteiger partial charge in [-0.1, -0.05) is 44.2 Å². The fourth-order valence-corrected chi connectivity index (χ4v) is 6.08. The summed E-state index contributed by atoms with van der Waals surface area (Å²) in [6.07, 6.45) is 0.520. The van der Waals surface area contributed by atoms with Crippen LogP contribution in [0, 0.1) is 0 Å². The van der Waals surface area contributed by atoms with Crippen LogP contribution < -0.4 is 5.32 Å². The fourth-order valence-electron chi connectivity index (χ4n) is 3.64. The molecule has 2 unspecified atom stereocenters. The molecule has 1 N–H and O–H groups in total. The first-order chi connectivity index (χ1) is 13.7. The van der Waals surface area contributed by atoms with Crippen LogP contribution in [0.15, 0.2) is 41.8 Å². The third kappa shape index (κ3) is 5.90. The monoisotopic (exact) mass is 434 g/mol. The highest BCUT2D eigenvalue weighted by molar-refractivity contribution is 7.91. The second kappa shape index (κ2) is 9.41. The molecule has 2 atom stereocenters. The predicted molar refractivity (Wildman–Crippen MR) is 119 cm³/mol. The van der Waals surface area contributed by atoms with Crippen LogP contribution in [0.25, 0.3) is 0 Å². The number of thiophene rings is 1. The van der Waals surface area contributed by atoms with Gasteiger partial charge in [-0.15, -0.1) is 11.3 Å². The van der Waals surface area contributed by atoms with Crippen molar-refractivity contribution < 1.29 is 13.2 Å². The van der Waals surface area contributed by atoms with E-state index < -0.39 is 9.84 Å². The maximum atomic E-state index is 13.0. The van der Waals surface area contributed by atoms with Crippen molar-refractivity contribution in [2.75, 3.05) is 18.1 Å². The first-order valence-electron chi connectivity index (χ1n) is 10.1. The molecular formula is C22H30N2O3S2. The molecule has 0 radical (unpaired) electrons. The van der Waals surface area contributed by atoms with Crippen molar-refractivity contribution in [3.8, 4) is 0 Å². The summed E-state index contributed by atoms with van der Waals surface area (Å²) < 4.78 is 23.9. The van der Waals surface area contributed by atoms with Crippen LogP contribution in [0.1, 0.15) is 55.2 Å². The lowest BCUT2D eigenvalue weighted by Gasteiger charge is -2.29. The Labute approximate surface area is 178 Å². The van der Waals surface area contributed by atoms with Gasteiger partial charge in [0.25, 0.3) is 0 Å². The maximum Gasteiger partial charge on any atom is 0.237 e. The van der Waals surface area contributed by atoms with Gasteiger partial charge < -0.3 is 10.2 Å². The van der Waals surface area contributed by atoms with Crippen LogP contribution >= 0.6 is 11.3 Å². The molecule has 0 spiro atoms. The van der Waals surface area contributed by atoms with E-state index >= 15 is 0 Å². The molecular weight excluding hydrogens is 404 g/mol. The number of nitrogens with zero attached hydrogens (tertiary/aromatic N) is 1. The van der Waals surface area contributed by atoms with E-state index in [0.29, 0.717) is 18.9 Å². The van der Waals surface area contributed by atoms with Gasteiger partial charge in [0, 0.05) is 17.0 Å². The summed E-state index contributed by atoms with van der Waals surface area (Å²) in [6.45, 7) is 7.04. The van der Waals surface area contributed by atoms with Crippen LogP contribution in [0.5, 0.6) is 0 Å². The molecule has 0 bridgehead atoms. The fraction of sp³-hybridized carbons (Fsp3) is 0.500. The minimum Gasteiger partial charge on any atom is -0.332 e. The van der Waals surface area contributed by atoms with E-state index in [2.05, 4.69) is 43.4 Å². The van der Waals surface area contributed by atoms with Crippen LogP contribution in [0.2, 0.25) is 0 Å². The zero-order chi connectivity index (χ0) is 21.0. The van der Waals surface area contributed by atoms with Gasteiger partial charge in [0.2, 0.25) is 5.91 Å². The topological polar surface area (TPSA) is 66.5 Å². The molecule has 0 aliphatic carbocycles. The second-order valence-corrected chi connectivity index (χ2v) is 11.3. The van der Waals surface area contributed by atoms with Crippen molar-refractivity contribution in [1.82, 2.24) is 10.2 Å². The highest BCUT2D eigenvalue weighted by atomic mass is 32.2. The Morgan fingerprint density at radius 1 is 1.17 bits per heavy atom. The number of carbonyl (C=O) groups is 1. The molecule has 29 heavy (non-hydrogen) atoms. The molecule has 3 rings (SSSR count). The SMILES string of the molecule is CC(C)c1ccc(C(C)NCC(=O)N(Cc2cccs2)C2CCS(=O)(=O)C2)cc1. The summed E-state index contributed by atoms with van der Waals surface area (Å²) in [4.78, 5) is 15.8. The Hall–Kier alpha value is -1.70. The van der Waals surface area contributed by atoms with Crippen molar-refractivity contribution in [1.29, 1.82) is 0 Å². The summed E-state index contributed by atoms with van der Waals surface area (Å²) in [5.41, 5.74) is 2.43. The van der Waals surface area contributed by atoms with Crippen molar-refractivity contribution in [3.05, 3.63) is 57.8 Å². The van der Waals surface area contributed by atoms with Gasteiger partial charge in [-0.25, -0.2) is 8.42 Å². The molecule has 1 amide bonds. The average Bonchev–Trinajstić information content (AvgIpc) is 3.33. The van der Waals surface area contributed by atoms with E-state index in [1.165, 1.54) is 5.56 Å². The normalized spacial score (nSPS) is 19.4. The van der Waals surface area contributed by atoms with Crippen LogP contribution in [0.3, 0.4) is 0 Å². The minimum atomic E-state index is -3.05. The van der Waals surface area contributed by atoms with E-state index in [1.807, 2.05) is 24.4 Å². The van der Waals surface area contributed by atoms with Crippen molar-refractivity contribution >= 4 is 27.1 Å². The second-order valence-electron chi connectivity index (χ2n) is 8.08. The van der Waals surface area contributed by atoms with E-state index in [9.17, 15) is 13.2 Å². The molecule has 1 fully saturated rings. The summed E-state index contributed by atoms with van der Waals surface area (Å²) in [7, 11) is -3.05. The number of hydrogen-bond donors (Lipinski definition) is 1. The van der Waals surface area contributed by atoms with Gasteiger partial charge in [0.1, 0.15) is 0 Å². The van der Waals surface area contributed by atoms with Crippen LogP contribution in [0.4, 0.5) is 0 Å². The summed E-state index contributed by atoms with van der Waals surface area (Å²) in [5, 5.41) is 5.29. The molecule has 2 aromatic rings. The Bertz CT molecular complexity index is 906. The van der Waals surface area contributed by atoms with E-state index in [0.717, 1.165) is 10.4 Å². The summed E-state index contributed by atoms with van der Waals surface area (Å²) >= 11 is 1.59. The smallest absolute Gasteiger partial charge is 0.237 e. The number of carbonyl (C=O) groups excluding carboxylic acids is 1. The number of hydrogen-bond acceptors (Lipinski definition) is 5. The molecule has 1 aromatic carbocycles. The van der Waals surface area contributed by atoms with Gasteiger partial charge >= 0.3 is 0 Å². The molecule has 1 aromatic heterocycles. The standard InChI is InChI=1S/C22H30N2O3S2/c1-16(2)18-6-8-19(9-7-18)17(3)23-13-22(25)24(14-21-5-4-11-28-21)20-10-12-29(26,27)15-20/h4-9,11,16-17,20,23H,10,12-15H2,1-3H3. The maximum absolute atomic E-state index is 13.0. The zero-order valence-electron chi connectivity index (χ0n) is 17.3. The van der Waals surface area contributed by atoms with Gasteiger partial charge in [-0.2, -0.15) is 0 Å². The first-order valence-corrected chi connectivity index (χ1v) is 12.8. The number of amides is 1. The summed E-state index contributed by atoms with van der Waals surface area (Å²) in [6, 6.07) is 12.2. The average molecular weight is 435 g/mol. The van der Waals surface area contributed by atoms with E-state index in [-0.39, 0.29) is 36.0 Å². The highest BCUT2D eigenvalue weighted by Crippen LogP contribution is 2.23. The van der Waals surface area contributed by atoms with Gasteiger partial charge in [0.15, 0.2) is 9.84 Å². The van der Waals surface area contributed by atoms with E-state index in [1.54, 1.807) is 16.2 Å². The van der Waals surface area contributed by atoms with Crippen molar-refractivity contribution in [2.24, 2.45) is 0 Å². The van der Waals surface area contributed by atoms with Crippen molar-refractivity contribution in [2.45, 2.75) is 51.7 Å². The largest absolute Gasteiger partial charge is 0.332 e. The Morgan fingerprint density at radius 3 is 2.41 bits per heavy atom. The summed E-state index contributed by atoms with van der Waals surface area (Å²) in [5.74, 6) is 0.669. The molecule has 1 aliphatic rings. The number of nitrogens with one attached hydrogen (secondary N) is 1. The lowest BCUT2D eigenvalue weighted by Crippen LogP contribution is -2.45. The number of benzene rings is 1. The quantitative estimate of drug-likeness (QED) is 0.687. The molecule has 0 saturated carbocycles. The molecule has 1 saturated heterocycles. The van der Waals surface area contributed by atoms with Crippen molar-refractivity contribution in [3.63, 3.8) is 0 Å². The molecule has 7 heteroatoms. The Kier molecular flexibility index (Phi) is 7.14. The number of rotatable bonds is 8. The Balaban J connectivity index is 1.64. The van der Waals surface area contributed by atoms with Crippen LogP contribution in [-0.4, -0.2) is 43.3 Å². The lowest BCUT2D eigenvalue weighted by molar-refractivity contribution is -0.132. The number of sulfone groups is 1.